The van der Waals surface area contributed by atoms with Crippen molar-refractivity contribution in [3.8, 4) is 0 Å². The number of benzene rings is 4. The summed E-state index contributed by atoms with van der Waals surface area (Å²) in [4.78, 5) is 128. The number of carboxylic acid groups (broad SMARTS) is 1. The molecule has 4 aliphatic heterocycles. The number of aliphatic hydroxyl groups is 1. The summed E-state index contributed by atoms with van der Waals surface area (Å²) in [6.07, 6.45) is 20.2. The van der Waals surface area contributed by atoms with E-state index in [1.54, 1.807) is 30.6 Å². The van der Waals surface area contributed by atoms with Gasteiger partial charge >= 0.3 is 30.3 Å². The molecular formula is C115H166N8O15. The fourth-order valence-electron chi connectivity index (χ4n) is 23.3. The Bertz CT molecular complexity index is 5120. The van der Waals surface area contributed by atoms with E-state index >= 15 is 0 Å². The van der Waals surface area contributed by atoms with Gasteiger partial charge < -0.3 is 69.2 Å². The van der Waals surface area contributed by atoms with Gasteiger partial charge in [0, 0.05) is 83.6 Å². The Kier molecular flexibility index (Phi) is 35.9. The first-order chi connectivity index (χ1) is 65.1. The van der Waals surface area contributed by atoms with Crippen molar-refractivity contribution < 1.29 is 72.3 Å². The van der Waals surface area contributed by atoms with Gasteiger partial charge in [-0.05, 0) is 374 Å². The Hall–Kier alpha value is -9.77. The van der Waals surface area contributed by atoms with E-state index < -0.39 is 40.5 Å². The predicted octanol–water partition coefficient (Wildman–Crippen LogP) is 22.3. The number of ether oxygens (including phenoxy) is 4. The maximum atomic E-state index is 13.9. The predicted molar refractivity (Wildman–Crippen MR) is 546 cm³/mol. The molecule has 0 bridgehead atoms. The SMILES string of the molecule is CC(C)CC1C2=C(CCN1C(=O)C1CCC(CN(C)C(=O)OC(C)(C)C)CC1)c1ccc(CO)cc1C2.CC(C)CC1C2=C(CCN1C(=O)C1CCC(CN(C)C(=O)OC(C)(C)C)CC1)c1ccccc1C2.CC(C)CC1C2=C(CCN1C(=O)C1CCC(NC(=O)OC(C)(C)C)CC1)c1ccccc1C2.CC(C)CC1C2=C(CCN1C(=O)[C@@H](CCC(=O)O)NC(=O)OC(C)(C)C)c1ccccc1C2. The van der Waals surface area contributed by atoms with Gasteiger partial charge in [-0.25, -0.2) is 19.2 Å². The van der Waals surface area contributed by atoms with Crippen LogP contribution in [0, 0.1) is 53.3 Å². The zero-order valence-corrected chi connectivity index (χ0v) is 87.5. The molecule has 4 aromatic carbocycles. The van der Waals surface area contributed by atoms with E-state index in [0.717, 1.165) is 179 Å². The molecule has 4 unspecified atom stereocenters. The molecule has 4 aromatic rings. The van der Waals surface area contributed by atoms with Crippen LogP contribution in [0.2, 0.25) is 0 Å². The average Bonchev–Trinajstić information content (AvgIpc) is 1.62. The minimum atomic E-state index is -1.01. The van der Waals surface area contributed by atoms with Crippen molar-refractivity contribution in [3.63, 3.8) is 0 Å². The van der Waals surface area contributed by atoms with Gasteiger partial charge in [0.25, 0.3) is 0 Å². The fourth-order valence-corrected chi connectivity index (χ4v) is 23.3. The van der Waals surface area contributed by atoms with Crippen LogP contribution in [-0.4, -0.2) is 206 Å². The van der Waals surface area contributed by atoms with Gasteiger partial charge in [0.2, 0.25) is 23.6 Å². The first-order valence-corrected chi connectivity index (χ1v) is 52.2. The van der Waals surface area contributed by atoms with Crippen LogP contribution in [0.5, 0.6) is 0 Å². The van der Waals surface area contributed by atoms with Gasteiger partial charge in [-0.2, -0.15) is 0 Å². The maximum Gasteiger partial charge on any atom is 0.410 e. The van der Waals surface area contributed by atoms with Crippen molar-refractivity contribution in [2.45, 2.75) is 371 Å². The van der Waals surface area contributed by atoms with Crippen LogP contribution >= 0.6 is 0 Å². The summed E-state index contributed by atoms with van der Waals surface area (Å²) < 4.78 is 21.7. The van der Waals surface area contributed by atoms with Crippen LogP contribution in [0.3, 0.4) is 0 Å². The van der Waals surface area contributed by atoms with E-state index in [-0.39, 0.29) is 91.6 Å². The third kappa shape index (κ3) is 28.1. The molecule has 4 heterocycles. The lowest BCUT2D eigenvalue weighted by Gasteiger charge is -2.41. The summed E-state index contributed by atoms with van der Waals surface area (Å²) >= 11 is 0. The number of carbonyl (C=O) groups excluding carboxylic acids is 8. The lowest BCUT2D eigenvalue weighted by Crippen LogP contribution is -2.54. The zero-order chi connectivity index (χ0) is 100. The average molecular weight is 1900 g/mol. The quantitative estimate of drug-likeness (QED) is 0.0533. The largest absolute Gasteiger partial charge is 0.481 e. The minimum Gasteiger partial charge on any atom is -0.481 e. The summed E-state index contributed by atoms with van der Waals surface area (Å²) in [7, 11) is 3.63. The molecule has 5 atom stereocenters. The van der Waals surface area contributed by atoms with Gasteiger partial charge in [0.15, 0.2) is 0 Å². The number of carbonyl (C=O) groups is 9. The number of amides is 8. The van der Waals surface area contributed by atoms with Crippen LogP contribution < -0.4 is 10.6 Å². The molecule has 4 N–H and O–H groups in total. The van der Waals surface area contributed by atoms with Gasteiger partial charge in [-0.15, -0.1) is 0 Å². The molecule has 23 heteroatoms. The van der Waals surface area contributed by atoms with Gasteiger partial charge in [0.05, 0.1) is 30.8 Å². The van der Waals surface area contributed by atoms with Gasteiger partial charge in [0.1, 0.15) is 28.4 Å². The van der Waals surface area contributed by atoms with Crippen molar-refractivity contribution in [2.24, 2.45) is 53.3 Å². The Morgan fingerprint density at radius 1 is 0.399 bits per heavy atom. The first-order valence-electron chi connectivity index (χ1n) is 52.2. The van der Waals surface area contributed by atoms with Crippen LogP contribution in [0.1, 0.15) is 330 Å². The number of hydrogen-bond donors (Lipinski definition) is 4. The first kappa shape index (κ1) is 107. The molecular weight excluding hydrogens is 1730 g/mol. The summed E-state index contributed by atoms with van der Waals surface area (Å²) in [5.74, 6) is 2.80. The highest BCUT2D eigenvalue weighted by molar-refractivity contribution is 5.91. The molecule has 15 rings (SSSR count). The number of nitrogens with zero attached hydrogens (tertiary/aromatic N) is 6. The zero-order valence-electron chi connectivity index (χ0n) is 87.5. The van der Waals surface area contributed by atoms with Crippen LogP contribution in [-0.2, 0) is 75.2 Å². The fraction of sp³-hybridized carbons (Fsp3) is 0.643. The molecule has 3 fully saturated rings. The van der Waals surface area contributed by atoms with Crippen LogP contribution in [0.15, 0.2) is 113 Å². The molecule has 0 spiro atoms. The second kappa shape index (κ2) is 46.3. The Morgan fingerprint density at radius 2 is 0.710 bits per heavy atom. The number of aliphatic carboxylic acids is 1. The third-order valence-electron chi connectivity index (χ3n) is 29.5. The Labute approximate surface area is 824 Å². The Balaban J connectivity index is 0.000000165. The monoisotopic (exact) mass is 1900 g/mol. The number of fused-ring (bicyclic) bond motifs is 8. The summed E-state index contributed by atoms with van der Waals surface area (Å²) in [6.45, 7) is 44.5. The van der Waals surface area contributed by atoms with Crippen molar-refractivity contribution in [3.05, 3.63) is 163 Å². The number of nitrogens with one attached hydrogen (secondary N) is 2. The Morgan fingerprint density at radius 3 is 1.04 bits per heavy atom. The molecule has 0 aromatic heterocycles. The lowest BCUT2D eigenvalue weighted by atomic mass is 9.80. The highest BCUT2D eigenvalue weighted by Gasteiger charge is 2.47. The number of rotatable bonds is 22. The van der Waals surface area contributed by atoms with Gasteiger partial charge in [-0.3, -0.25) is 24.0 Å². The molecule has 0 saturated heterocycles. The molecule has 3 saturated carbocycles. The highest BCUT2D eigenvalue weighted by Crippen LogP contribution is 2.50. The topological polar surface area (TPSA) is 275 Å². The standard InChI is InChI=1S/C31H46N2O4.C30H44N2O3.C28H40N2O3.C26H36N2O5/c1-20(2)15-28-27-17-24-16-22(19-34)9-12-25(24)26(27)13-14-33(28)29(35)23-10-7-21(8-11-23)18-32(6)30(36)37-31(3,4)5;1-20(2)17-27-26-18-23-9-7-8-10-24(23)25(26)15-16-32(27)28(33)22-13-11-21(12-14-22)19-31(6)29(34)35-30(3,4)5;1-18(2)16-25-24-17-20-8-6-7-9-22(20)23(24)14-15-30(25)26(31)19-10-12-21(13-11-19)29-27(32)33-28(3,4)5;1-16(2)14-22-20-15-17-8-6-7-9-18(17)19(20)12-13-28(22)24(31)21(10-11-23(29)30)27-25(32)33-26(3,4)5/h9,12,16,20-21,23,28,34H,7-8,10-11,13-15,17-19H2,1-6H3;7-10,20-22,27H,11-19H2,1-6H3;6-9,18-19,21,25H,10-17H2,1-5H3,(H,29,32);6-9,16,21-22H,10-15H2,1-5H3,(H,27,32)(H,29,30)/t;;;21-,22?/m...1/s1. The third-order valence-corrected chi connectivity index (χ3v) is 29.5. The molecule has 138 heavy (non-hydrogen) atoms. The molecule has 11 aliphatic rings. The normalized spacial score (nSPS) is 22.9. The molecule has 0 radical (unpaired) electrons. The number of aliphatic hydroxyl groups excluding tert-OH is 1. The summed E-state index contributed by atoms with van der Waals surface area (Å²) in [6, 6.07) is 32.0. The highest BCUT2D eigenvalue weighted by atomic mass is 16.6. The lowest BCUT2D eigenvalue weighted by molar-refractivity contribution is -0.140. The van der Waals surface area contributed by atoms with E-state index in [1.807, 2.05) is 93.4 Å². The van der Waals surface area contributed by atoms with Crippen molar-refractivity contribution in [1.29, 1.82) is 0 Å². The van der Waals surface area contributed by atoms with Crippen molar-refractivity contribution >= 4 is 76.3 Å². The number of hydrogen-bond acceptors (Lipinski definition) is 14. The van der Waals surface area contributed by atoms with Crippen LogP contribution in [0.25, 0.3) is 22.3 Å². The van der Waals surface area contributed by atoms with Crippen molar-refractivity contribution in [1.82, 2.24) is 40.0 Å². The van der Waals surface area contributed by atoms with Crippen LogP contribution in [0.4, 0.5) is 19.2 Å². The molecule has 756 valence electrons. The minimum absolute atomic E-state index is 0.0183. The smallest absolute Gasteiger partial charge is 0.410 e. The number of alkyl carbamates (subject to hydrolysis) is 2. The molecule has 23 nitrogen and oxygen atoms in total. The maximum absolute atomic E-state index is 13.9. The second-order valence-electron chi connectivity index (χ2n) is 47.0. The van der Waals surface area contributed by atoms with E-state index in [2.05, 4.69) is 160 Å². The van der Waals surface area contributed by atoms with E-state index in [4.69, 9.17) is 18.9 Å². The van der Waals surface area contributed by atoms with E-state index in [0.29, 0.717) is 72.9 Å². The van der Waals surface area contributed by atoms with Crippen molar-refractivity contribution in [2.75, 3.05) is 53.4 Å². The molecule has 7 aliphatic carbocycles. The second-order valence-corrected chi connectivity index (χ2v) is 47.0. The van der Waals surface area contributed by atoms with Gasteiger partial charge in [-0.1, -0.05) is 146 Å². The van der Waals surface area contributed by atoms with E-state index in [9.17, 15) is 53.4 Å². The van der Waals surface area contributed by atoms with E-state index in [1.165, 1.54) is 89.1 Å². The molecule has 8 amide bonds. The summed E-state index contributed by atoms with van der Waals surface area (Å²) in [5.41, 5.74) is 21.1. The number of carboxylic acids is 1. The summed E-state index contributed by atoms with van der Waals surface area (Å²) in [5, 5.41) is 24.4.